The van der Waals surface area contributed by atoms with Crippen molar-refractivity contribution >= 4 is 26.8 Å². The van der Waals surface area contributed by atoms with Crippen molar-refractivity contribution in [3.05, 3.63) is 5.69 Å². The molecule has 6 nitrogen and oxygen atoms in total. The summed E-state index contributed by atoms with van der Waals surface area (Å²) in [5.74, 6) is 0. The highest BCUT2D eigenvalue weighted by Gasteiger charge is 2.16. The lowest BCUT2D eigenvalue weighted by atomic mass is 10.5. The summed E-state index contributed by atoms with van der Waals surface area (Å²) in [7, 11) is 6.00. The van der Waals surface area contributed by atoms with E-state index in [-0.39, 0.29) is 6.61 Å². The summed E-state index contributed by atoms with van der Waals surface area (Å²) in [5.41, 5.74) is 1.93. The maximum atomic E-state index is 9.20. The van der Waals surface area contributed by atoms with Gasteiger partial charge in [0.2, 0.25) is 0 Å². The molecule has 2 heterocycles. The molecular formula is C12H21N5OS. The normalized spacial score (nSPS) is 11.7. The lowest BCUT2D eigenvalue weighted by molar-refractivity contribution is 0.299. The smallest absolute Gasteiger partial charge is 0.188 e. The van der Waals surface area contributed by atoms with Gasteiger partial charge in [-0.25, -0.2) is 9.67 Å². The third-order valence-electron chi connectivity index (χ3n) is 2.99. The van der Waals surface area contributed by atoms with E-state index in [9.17, 15) is 5.11 Å². The van der Waals surface area contributed by atoms with Gasteiger partial charge in [-0.2, -0.15) is 5.10 Å². The Morgan fingerprint density at radius 1 is 1.26 bits per heavy atom. The fourth-order valence-corrected chi connectivity index (χ4v) is 3.04. The molecule has 2 aromatic rings. The van der Waals surface area contributed by atoms with Gasteiger partial charge in [-0.15, -0.1) is 0 Å². The van der Waals surface area contributed by atoms with Crippen LogP contribution >= 0.6 is 11.3 Å². The number of nitrogens with zero attached hydrogens (tertiary/aromatic N) is 5. The van der Waals surface area contributed by atoms with E-state index in [0.717, 1.165) is 34.3 Å². The van der Waals surface area contributed by atoms with Crippen LogP contribution in [0.15, 0.2) is 0 Å². The highest BCUT2D eigenvalue weighted by atomic mass is 32.1. The van der Waals surface area contributed by atoms with Crippen LogP contribution < -0.4 is 4.90 Å². The minimum absolute atomic E-state index is 0.139. The molecule has 0 saturated carbocycles. The zero-order valence-corrected chi connectivity index (χ0v) is 12.7. The number of aliphatic hydroxyl groups excluding tert-OH is 1. The fourth-order valence-electron chi connectivity index (χ4n) is 1.95. The van der Waals surface area contributed by atoms with E-state index in [2.05, 4.69) is 19.9 Å². The monoisotopic (exact) mass is 283 g/mol. The average molecular weight is 283 g/mol. The van der Waals surface area contributed by atoms with E-state index < -0.39 is 0 Å². The van der Waals surface area contributed by atoms with Gasteiger partial charge >= 0.3 is 0 Å². The second-order valence-corrected chi connectivity index (χ2v) is 5.85. The fraction of sp³-hybridized carbons (Fsp3) is 0.667. The van der Waals surface area contributed by atoms with Crippen molar-refractivity contribution in [2.75, 3.05) is 45.2 Å². The van der Waals surface area contributed by atoms with Crippen LogP contribution in [0.1, 0.15) is 5.69 Å². The first kappa shape index (κ1) is 14.2. The molecule has 7 heteroatoms. The molecule has 106 valence electrons. The van der Waals surface area contributed by atoms with Crippen LogP contribution in [0.2, 0.25) is 0 Å². The highest BCUT2D eigenvalue weighted by Crippen LogP contribution is 2.30. The third-order valence-corrected chi connectivity index (χ3v) is 4.20. The Balaban J connectivity index is 2.25. The number of rotatable bonds is 6. The molecule has 2 aromatic heterocycles. The molecule has 0 aliphatic carbocycles. The van der Waals surface area contributed by atoms with Gasteiger partial charge in [0.15, 0.2) is 10.8 Å². The molecule has 0 aliphatic rings. The Hall–Kier alpha value is -1.18. The molecule has 1 N–H and O–H groups in total. The quantitative estimate of drug-likeness (QED) is 0.845. The SMILES string of the molecule is Cc1nn(C)c2nc(N(CCO)CCN(C)C)sc12. The first-order chi connectivity index (χ1) is 9.02. The zero-order valence-electron chi connectivity index (χ0n) is 11.9. The van der Waals surface area contributed by atoms with Crippen LogP contribution in [0.25, 0.3) is 10.3 Å². The maximum Gasteiger partial charge on any atom is 0.188 e. The molecule has 0 saturated heterocycles. The molecule has 0 bridgehead atoms. The van der Waals surface area contributed by atoms with Crippen LogP contribution in [0, 0.1) is 6.92 Å². The second-order valence-electron chi connectivity index (χ2n) is 4.87. The van der Waals surface area contributed by atoms with Crippen LogP contribution in [-0.2, 0) is 7.05 Å². The number of aromatic nitrogens is 3. The minimum atomic E-state index is 0.139. The van der Waals surface area contributed by atoms with E-state index in [1.165, 1.54) is 0 Å². The summed E-state index contributed by atoms with van der Waals surface area (Å²) in [4.78, 5) is 8.90. The standard InChI is InChI=1S/C12H21N5OS/c1-9-10-11(16(4)14-9)13-12(19-10)17(7-8-18)6-5-15(2)3/h18H,5-8H2,1-4H3. The summed E-state index contributed by atoms with van der Waals surface area (Å²) in [6.45, 7) is 4.55. The van der Waals surface area contributed by atoms with Crippen molar-refractivity contribution < 1.29 is 5.11 Å². The van der Waals surface area contributed by atoms with Crippen molar-refractivity contribution in [3.63, 3.8) is 0 Å². The lowest BCUT2D eigenvalue weighted by Gasteiger charge is -2.22. The van der Waals surface area contributed by atoms with Crippen molar-refractivity contribution in [1.29, 1.82) is 0 Å². The van der Waals surface area contributed by atoms with Crippen LogP contribution in [-0.4, -0.2) is 65.1 Å². The van der Waals surface area contributed by atoms with Crippen molar-refractivity contribution in [1.82, 2.24) is 19.7 Å². The number of aliphatic hydroxyl groups is 1. The first-order valence-electron chi connectivity index (χ1n) is 6.33. The second kappa shape index (κ2) is 5.85. The lowest BCUT2D eigenvalue weighted by Crippen LogP contribution is -2.33. The Morgan fingerprint density at radius 2 is 2.00 bits per heavy atom. The molecular weight excluding hydrogens is 262 g/mol. The van der Waals surface area contributed by atoms with E-state index in [4.69, 9.17) is 0 Å². The minimum Gasteiger partial charge on any atom is -0.395 e. The summed E-state index contributed by atoms with van der Waals surface area (Å²) in [6, 6.07) is 0. The average Bonchev–Trinajstić information content (AvgIpc) is 2.88. The molecule has 0 unspecified atom stereocenters. The van der Waals surface area contributed by atoms with Crippen molar-refractivity contribution in [2.24, 2.45) is 7.05 Å². The number of likely N-dealkylation sites (N-methyl/N-ethyl adjacent to an activating group) is 1. The summed E-state index contributed by atoms with van der Waals surface area (Å²) < 4.78 is 2.94. The Morgan fingerprint density at radius 3 is 2.58 bits per heavy atom. The predicted octanol–water partition coefficient (Wildman–Crippen LogP) is 0.699. The number of anilines is 1. The number of hydrogen-bond acceptors (Lipinski definition) is 6. The van der Waals surface area contributed by atoms with Crippen molar-refractivity contribution in [3.8, 4) is 0 Å². The molecule has 19 heavy (non-hydrogen) atoms. The maximum absolute atomic E-state index is 9.20. The van der Waals surface area contributed by atoms with Crippen molar-refractivity contribution in [2.45, 2.75) is 6.92 Å². The molecule has 0 aromatic carbocycles. The molecule has 0 amide bonds. The van der Waals surface area contributed by atoms with Gasteiger partial charge in [-0.05, 0) is 21.0 Å². The summed E-state index contributed by atoms with van der Waals surface area (Å²) in [6.07, 6.45) is 0. The van der Waals surface area contributed by atoms with Gasteiger partial charge in [-0.3, -0.25) is 0 Å². The van der Waals surface area contributed by atoms with E-state index in [0.29, 0.717) is 6.54 Å². The molecule has 0 atom stereocenters. The van der Waals surface area contributed by atoms with E-state index in [1.807, 2.05) is 32.7 Å². The zero-order chi connectivity index (χ0) is 14.0. The topological polar surface area (TPSA) is 57.4 Å². The third kappa shape index (κ3) is 3.05. The van der Waals surface area contributed by atoms with Gasteiger partial charge in [0, 0.05) is 26.7 Å². The summed E-state index contributed by atoms with van der Waals surface area (Å²) >= 11 is 1.65. The Labute approximate surface area is 117 Å². The Kier molecular flexibility index (Phi) is 4.38. The number of aryl methyl sites for hydroxylation is 2. The molecule has 0 radical (unpaired) electrons. The first-order valence-corrected chi connectivity index (χ1v) is 7.15. The van der Waals surface area contributed by atoms with Gasteiger partial charge in [0.05, 0.1) is 17.0 Å². The highest BCUT2D eigenvalue weighted by molar-refractivity contribution is 7.22. The van der Waals surface area contributed by atoms with Crippen LogP contribution in [0.5, 0.6) is 0 Å². The largest absolute Gasteiger partial charge is 0.395 e. The van der Waals surface area contributed by atoms with E-state index >= 15 is 0 Å². The molecule has 0 spiro atoms. The van der Waals surface area contributed by atoms with Gasteiger partial charge < -0.3 is 14.9 Å². The molecule has 2 rings (SSSR count). The Bertz CT molecular complexity index is 513. The van der Waals surface area contributed by atoms with Gasteiger partial charge in [-0.1, -0.05) is 11.3 Å². The number of hydrogen-bond donors (Lipinski definition) is 1. The van der Waals surface area contributed by atoms with E-state index in [1.54, 1.807) is 11.3 Å². The number of fused-ring (bicyclic) bond motifs is 1. The van der Waals surface area contributed by atoms with Gasteiger partial charge in [0.1, 0.15) is 0 Å². The molecule has 0 fully saturated rings. The molecule has 0 aliphatic heterocycles. The van der Waals surface area contributed by atoms with Crippen LogP contribution in [0.3, 0.4) is 0 Å². The van der Waals surface area contributed by atoms with Gasteiger partial charge in [0.25, 0.3) is 0 Å². The summed E-state index contributed by atoms with van der Waals surface area (Å²) in [5, 5.41) is 14.5. The van der Waals surface area contributed by atoms with Crippen LogP contribution in [0.4, 0.5) is 5.13 Å². The number of thiazole rings is 1. The predicted molar refractivity (Wildman–Crippen MR) is 79.0 cm³/mol.